The number of aliphatic hydroxyl groups is 1. The minimum absolute atomic E-state index is 0.144. The standard InChI is InChI=1S/C18H20N2O4/c1-2-4-15(21)11-20-18(22)17-14(7-8-23-17)12-24-16-6-3-5-13(9-16)10-19/h3,5-9,15,21H,2,4,11-12H2,1H3,(H,20,22). The molecule has 2 rings (SSSR count). The van der Waals surface area contributed by atoms with Gasteiger partial charge in [-0.05, 0) is 30.7 Å². The number of furan rings is 1. The van der Waals surface area contributed by atoms with Crippen LogP contribution in [0.4, 0.5) is 0 Å². The van der Waals surface area contributed by atoms with Crippen LogP contribution in [0.2, 0.25) is 0 Å². The molecule has 0 bridgehead atoms. The minimum Gasteiger partial charge on any atom is -0.489 e. The van der Waals surface area contributed by atoms with E-state index >= 15 is 0 Å². The quantitative estimate of drug-likeness (QED) is 0.776. The predicted octanol–water partition coefficient (Wildman–Crippen LogP) is 2.62. The van der Waals surface area contributed by atoms with E-state index in [2.05, 4.69) is 5.32 Å². The zero-order valence-corrected chi connectivity index (χ0v) is 13.5. The van der Waals surface area contributed by atoms with Gasteiger partial charge in [0.25, 0.3) is 5.91 Å². The Hall–Kier alpha value is -2.78. The molecule has 1 heterocycles. The molecule has 0 aliphatic rings. The van der Waals surface area contributed by atoms with Gasteiger partial charge in [-0.25, -0.2) is 0 Å². The van der Waals surface area contributed by atoms with E-state index in [1.54, 1.807) is 30.3 Å². The smallest absolute Gasteiger partial charge is 0.287 e. The van der Waals surface area contributed by atoms with Crippen LogP contribution < -0.4 is 10.1 Å². The van der Waals surface area contributed by atoms with Gasteiger partial charge in [-0.3, -0.25) is 4.79 Å². The van der Waals surface area contributed by atoms with Gasteiger partial charge in [0.15, 0.2) is 5.76 Å². The molecule has 0 radical (unpaired) electrons. The van der Waals surface area contributed by atoms with Crippen LogP contribution in [0.1, 0.15) is 41.4 Å². The largest absolute Gasteiger partial charge is 0.489 e. The molecule has 24 heavy (non-hydrogen) atoms. The summed E-state index contributed by atoms with van der Waals surface area (Å²) < 4.78 is 10.8. The summed E-state index contributed by atoms with van der Waals surface area (Å²) >= 11 is 0. The van der Waals surface area contributed by atoms with Gasteiger partial charge in [0.05, 0.1) is 24.0 Å². The third-order valence-corrected chi connectivity index (χ3v) is 3.43. The number of hydrogen-bond acceptors (Lipinski definition) is 5. The molecular weight excluding hydrogens is 308 g/mol. The molecule has 1 atom stereocenters. The number of carbonyl (C=O) groups excluding carboxylic acids is 1. The lowest BCUT2D eigenvalue weighted by atomic mass is 10.2. The van der Waals surface area contributed by atoms with Crippen molar-refractivity contribution in [2.45, 2.75) is 32.5 Å². The highest BCUT2D eigenvalue weighted by molar-refractivity contribution is 5.92. The van der Waals surface area contributed by atoms with Gasteiger partial charge in [0.2, 0.25) is 0 Å². The van der Waals surface area contributed by atoms with E-state index in [1.165, 1.54) is 6.26 Å². The van der Waals surface area contributed by atoms with Crippen molar-refractivity contribution in [1.29, 1.82) is 5.26 Å². The SMILES string of the molecule is CCCC(O)CNC(=O)c1occc1COc1cccc(C#N)c1. The number of carbonyl (C=O) groups is 1. The van der Waals surface area contributed by atoms with Crippen LogP contribution in [0.5, 0.6) is 5.75 Å². The van der Waals surface area contributed by atoms with E-state index < -0.39 is 6.10 Å². The second-order valence-electron chi connectivity index (χ2n) is 5.36. The van der Waals surface area contributed by atoms with Crippen molar-refractivity contribution in [2.24, 2.45) is 0 Å². The summed E-state index contributed by atoms with van der Waals surface area (Å²) in [6.45, 7) is 2.29. The van der Waals surface area contributed by atoms with Crippen molar-refractivity contribution in [3.05, 3.63) is 53.5 Å². The highest BCUT2D eigenvalue weighted by atomic mass is 16.5. The van der Waals surface area contributed by atoms with Crippen molar-refractivity contribution in [2.75, 3.05) is 6.54 Å². The summed E-state index contributed by atoms with van der Waals surface area (Å²) in [5.74, 6) is 0.314. The Morgan fingerprint density at radius 3 is 3.04 bits per heavy atom. The monoisotopic (exact) mass is 328 g/mol. The van der Waals surface area contributed by atoms with Gasteiger partial charge in [-0.15, -0.1) is 0 Å². The second kappa shape index (κ2) is 8.75. The number of hydrogen-bond donors (Lipinski definition) is 2. The number of ether oxygens (including phenoxy) is 1. The second-order valence-corrected chi connectivity index (χ2v) is 5.36. The molecule has 0 aliphatic heterocycles. The highest BCUT2D eigenvalue weighted by Gasteiger charge is 2.16. The first-order valence-corrected chi connectivity index (χ1v) is 7.79. The van der Waals surface area contributed by atoms with Gasteiger partial charge in [0.1, 0.15) is 12.4 Å². The Kier molecular flexibility index (Phi) is 6.41. The number of benzene rings is 1. The first kappa shape index (κ1) is 17.6. The fourth-order valence-corrected chi connectivity index (χ4v) is 2.19. The minimum atomic E-state index is -0.567. The van der Waals surface area contributed by atoms with Gasteiger partial charge >= 0.3 is 0 Å². The van der Waals surface area contributed by atoms with Crippen molar-refractivity contribution in [1.82, 2.24) is 5.32 Å². The van der Waals surface area contributed by atoms with Crippen molar-refractivity contribution < 1.29 is 19.1 Å². The van der Waals surface area contributed by atoms with Crippen molar-refractivity contribution in [3.63, 3.8) is 0 Å². The number of nitrogens with one attached hydrogen (secondary N) is 1. The maximum atomic E-state index is 12.1. The van der Waals surface area contributed by atoms with Gasteiger partial charge in [0, 0.05) is 12.1 Å². The van der Waals surface area contributed by atoms with Gasteiger partial charge in [-0.2, -0.15) is 5.26 Å². The normalized spacial score (nSPS) is 11.5. The van der Waals surface area contributed by atoms with E-state index in [-0.39, 0.29) is 24.8 Å². The lowest BCUT2D eigenvalue weighted by Crippen LogP contribution is -2.32. The molecule has 126 valence electrons. The Morgan fingerprint density at radius 2 is 2.29 bits per heavy atom. The first-order chi connectivity index (χ1) is 11.6. The number of aliphatic hydroxyl groups excluding tert-OH is 1. The molecule has 1 aromatic heterocycles. The van der Waals surface area contributed by atoms with E-state index in [4.69, 9.17) is 14.4 Å². The van der Waals surface area contributed by atoms with E-state index in [0.29, 0.717) is 23.3 Å². The Morgan fingerprint density at radius 1 is 1.46 bits per heavy atom. The van der Waals surface area contributed by atoms with Crippen LogP contribution in [0.25, 0.3) is 0 Å². The van der Waals surface area contributed by atoms with Crippen LogP contribution in [0, 0.1) is 11.3 Å². The van der Waals surface area contributed by atoms with Crippen LogP contribution in [-0.2, 0) is 6.61 Å². The van der Waals surface area contributed by atoms with Crippen molar-refractivity contribution >= 4 is 5.91 Å². The van der Waals surface area contributed by atoms with Crippen LogP contribution in [0.15, 0.2) is 41.0 Å². The van der Waals surface area contributed by atoms with Crippen molar-refractivity contribution in [3.8, 4) is 11.8 Å². The average molecular weight is 328 g/mol. The lowest BCUT2D eigenvalue weighted by molar-refractivity contribution is 0.0880. The molecule has 6 heteroatoms. The van der Waals surface area contributed by atoms with Crippen LogP contribution in [-0.4, -0.2) is 23.7 Å². The summed E-state index contributed by atoms with van der Waals surface area (Å²) in [5.41, 5.74) is 1.10. The topological polar surface area (TPSA) is 95.5 Å². The van der Waals surface area contributed by atoms with Crippen LogP contribution in [0.3, 0.4) is 0 Å². The molecule has 0 fully saturated rings. The zero-order chi connectivity index (χ0) is 17.4. The molecule has 0 aliphatic carbocycles. The summed E-state index contributed by atoms with van der Waals surface area (Å²) in [4.78, 5) is 12.1. The molecule has 2 aromatic rings. The number of nitriles is 1. The third-order valence-electron chi connectivity index (χ3n) is 3.43. The van der Waals surface area contributed by atoms with E-state index in [9.17, 15) is 9.90 Å². The van der Waals surface area contributed by atoms with Gasteiger partial charge in [-0.1, -0.05) is 19.4 Å². The molecule has 6 nitrogen and oxygen atoms in total. The number of nitrogens with zero attached hydrogens (tertiary/aromatic N) is 1. The summed E-state index contributed by atoms with van der Waals surface area (Å²) in [5, 5.41) is 21.2. The Labute approximate surface area is 140 Å². The summed E-state index contributed by atoms with van der Waals surface area (Å²) in [6.07, 6.45) is 2.33. The molecule has 2 N–H and O–H groups in total. The zero-order valence-electron chi connectivity index (χ0n) is 13.5. The molecule has 1 amide bonds. The number of amides is 1. The fourth-order valence-electron chi connectivity index (χ4n) is 2.19. The summed E-state index contributed by atoms with van der Waals surface area (Å²) in [7, 11) is 0. The van der Waals surface area contributed by atoms with E-state index in [1.807, 2.05) is 13.0 Å². The maximum absolute atomic E-state index is 12.1. The lowest BCUT2D eigenvalue weighted by Gasteiger charge is -2.10. The first-order valence-electron chi connectivity index (χ1n) is 7.79. The Balaban J connectivity index is 1.94. The van der Waals surface area contributed by atoms with Crippen LogP contribution >= 0.6 is 0 Å². The Bertz CT molecular complexity index is 718. The van der Waals surface area contributed by atoms with Gasteiger partial charge < -0.3 is 19.6 Å². The molecule has 1 aromatic carbocycles. The predicted molar refractivity (Wildman–Crippen MR) is 87.4 cm³/mol. The maximum Gasteiger partial charge on any atom is 0.287 e. The molecule has 0 saturated carbocycles. The number of rotatable bonds is 8. The molecule has 1 unspecified atom stereocenters. The fraction of sp³-hybridized carbons (Fsp3) is 0.333. The highest BCUT2D eigenvalue weighted by Crippen LogP contribution is 2.17. The molecular formula is C18H20N2O4. The third kappa shape index (κ3) is 4.86. The summed E-state index contributed by atoms with van der Waals surface area (Å²) in [6, 6.07) is 10.5. The average Bonchev–Trinajstić information content (AvgIpc) is 3.07. The van der Waals surface area contributed by atoms with E-state index in [0.717, 1.165) is 6.42 Å². The molecule has 0 saturated heterocycles. The molecule has 0 spiro atoms.